The van der Waals surface area contributed by atoms with Crippen molar-refractivity contribution in [1.82, 2.24) is 4.90 Å². The summed E-state index contributed by atoms with van der Waals surface area (Å²) in [5.41, 5.74) is 0. The second-order valence-electron chi connectivity index (χ2n) is 3.59. The number of rotatable bonds is 3. The summed E-state index contributed by atoms with van der Waals surface area (Å²) in [6, 6.07) is 0.558. The summed E-state index contributed by atoms with van der Waals surface area (Å²) in [5.74, 6) is 0. The normalized spacial score (nSPS) is 25.8. The van der Waals surface area contributed by atoms with Gasteiger partial charge in [-0.25, -0.2) is 0 Å². The van der Waals surface area contributed by atoms with E-state index in [0.717, 1.165) is 25.9 Å². The van der Waals surface area contributed by atoms with Crippen LogP contribution in [0.5, 0.6) is 0 Å². The van der Waals surface area contributed by atoms with E-state index in [1.165, 1.54) is 0 Å². The zero-order valence-corrected chi connectivity index (χ0v) is 7.82. The van der Waals surface area contributed by atoms with E-state index in [1.54, 1.807) is 0 Å². The minimum Gasteiger partial charge on any atom is -0.463 e. The summed E-state index contributed by atoms with van der Waals surface area (Å²) in [6.45, 7) is 6.94. The molecule has 0 N–H and O–H groups in total. The molecule has 3 nitrogen and oxygen atoms in total. The molecule has 1 aliphatic heterocycles. The van der Waals surface area contributed by atoms with Crippen LogP contribution in [0.3, 0.4) is 0 Å². The Balaban J connectivity index is 2.34. The minimum absolute atomic E-state index is 0.124. The van der Waals surface area contributed by atoms with Crippen LogP contribution in [0.4, 0.5) is 0 Å². The minimum atomic E-state index is 0.124. The number of carbonyl (C=O) groups is 1. The van der Waals surface area contributed by atoms with Crippen molar-refractivity contribution >= 4 is 6.47 Å². The maximum atomic E-state index is 10.1. The predicted octanol–water partition coefficient (Wildman–Crippen LogP) is 1.03. The van der Waals surface area contributed by atoms with Gasteiger partial charge in [-0.1, -0.05) is 0 Å². The fraction of sp³-hybridized carbons (Fsp3) is 0.889. The van der Waals surface area contributed by atoms with Gasteiger partial charge in [0.2, 0.25) is 0 Å². The lowest BCUT2D eigenvalue weighted by molar-refractivity contribution is -0.136. The number of likely N-dealkylation sites (tertiary alicyclic amines) is 1. The van der Waals surface area contributed by atoms with Crippen LogP contribution in [0.1, 0.15) is 26.7 Å². The van der Waals surface area contributed by atoms with Crippen LogP contribution in [0.25, 0.3) is 0 Å². The summed E-state index contributed by atoms with van der Waals surface area (Å²) in [7, 11) is 0. The SMILES string of the molecule is CC(C)N1CCCC(OC=O)C1. The first-order valence-corrected chi connectivity index (χ1v) is 4.57. The molecule has 70 valence electrons. The maximum absolute atomic E-state index is 10.1. The highest BCUT2D eigenvalue weighted by Crippen LogP contribution is 2.14. The maximum Gasteiger partial charge on any atom is 0.293 e. The fourth-order valence-electron chi connectivity index (χ4n) is 1.62. The van der Waals surface area contributed by atoms with Crippen LogP contribution in [-0.2, 0) is 9.53 Å². The summed E-state index contributed by atoms with van der Waals surface area (Å²) < 4.78 is 4.94. The average molecular weight is 171 g/mol. The summed E-state index contributed by atoms with van der Waals surface area (Å²) >= 11 is 0. The van der Waals surface area contributed by atoms with Crippen molar-refractivity contribution in [2.75, 3.05) is 13.1 Å². The van der Waals surface area contributed by atoms with Crippen LogP contribution in [0.2, 0.25) is 0 Å². The molecule has 0 spiro atoms. The Morgan fingerprint density at radius 3 is 2.92 bits per heavy atom. The average Bonchev–Trinajstić information content (AvgIpc) is 2.05. The monoisotopic (exact) mass is 171 g/mol. The third kappa shape index (κ3) is 2.48. The smallest absolute Gasteiger partial charge is 0.293 e. The lowest BCUT2D eigenvalue weighted by Gasteiger charge is -2.34. The van der Waals surface area contributed by atoms with Gasteiger partial charge >= 0.3 is 0 Å². The van der Waals surface area contributed by atoms with Crippen LogP contribution in [0.15, 0.2) is 0 Å². The van der Waals surface area contributed by atoms with Crippen LogP contribution < -0.4 is 0 Å². The molecule has 0 bridgehead atoms. The van der Waals surface area contributed by atoms with Gasteiger partial charge < -0.3 is 4.74 Å². The molecule has 12 heavy (non-hydrogen) atoms. The van der Waals surface area contributed by atoms with Gasteiger partial charge in [0.1, 0.15) is 6.10 Å². The van der Waals surface area contributed by atoms with Gasteiger partial charge in [0, 0.05) is 12.6 Å². The Labute approximate surface area is 73.7 Å². The van der Waals surface area contributed by atoms with E-state index in [4.69, 9.17) is 4.74 Å². The van der Waals surface area contributed by atoms with Crippen molar-refractivity contribution in [3.05, 3.63) is 0 Å². The number of hydrogen-bond donors (Lipinski definition) is 0. The van der Waals surface area contributed by atoms with Gasteiger partial charge in [0.15, 0.2) is 0 Å². The highest BCUT2D eigenvalue weighted by molar-refractivity contribution is 5.37. The van der Waals surface area contributed by atoms with Crippen molar-refractivity contribution in [3.63, 3.8) is 0 Å². The van der Waals surface area contributed by atoms with E-state index in [2.05, 4.69) is 18.7 Å². The van der Waals surface area contributed by atoms with Crippen molar-refractivity contribution in [2.45, 2.75) is 38.8 Å². The molecule has 1 heterocycles. The molecule has 0 saturated carbocycles. The molecule has 0 aromatic heterocycles. The van der Waals surface area contributed by atoms with Crippen LogP contribution in [0, 0.1) is 0 Å². The van der Waals surface area contributed by atoms with Gasteiger partial charge in [-0.15, -0.1) is 0 Å². The molecule has 0 amide bonds. The zero-order chi connectivity index (χ0) is 8.97. The molecule has 0 aromatic rings. The third-order valence-corrected chi connectivity index (χ3v) is 2.39. The van der Waals surface area contributed by atoms with Crippen molar-refractivity contribution in [3.8, 4) is 0 Å². The number of carbonyl (C=O) groups excluding carboxylic acids is 1. The van der Waals surface area contributed by atoms with Gasteiger partial charge in [0.25, 0.3) is 6.47 Å². The van der Waals surface area contributed by atoms with E-state index >= 15 is 0 Å². The van der Waals surface area contributed by atoms with E-state index in [9.17, 15) is 4.79 Å². The quantitative estimate of drug-likeness (QED) is 0.594. The van der Waals surface area contributed by atoms with E-state index < -0.39 is 0 Å². The lowest BCUT2D eigenvalue weighted by atomic mass is 10.1. The summed E-state index contributed by atoms with van der Waals surface area (Å²) in [4.78, 5) is 12.5. The number of hydrogen-bond acceptors (Lipinski definition) is 3. The molecule has 1 aliphatic rings. The van der Waals surface area contributed by atoms with Crippen molar-refractivity contribution in [2.24, 2.45) is 0 Å². The second kappa shape index (κ2) is 4.45. The molecule has 1 fully saturated rings. The molecule has 1 rings (SSSR count). The molecular formula is C9H17NO2. The van der Waals surface area contributed by atoms with Crippen molar-refractivity contribution in [1.29, 1.82) is 0 Å². The van der Waals surface area contributed by atoms with Gasteiger partial charge in [0.05, 0.1) is 0 Å². The van der Waals surface area contributed by atoms with Gasteiger partial charge in [-0.2, -0.15) is 0 Å². The van der Waals surface area contributed by atoms with E-state index in [0.29, 0.717) is 12.5 Å². The molecule has 0 radical (unpaired) electrons. The van der Waals surface area contributed by atoms with E-state index in [-0.39, 0.29) is 6.10 Å². The Kier molecular flexibility index (Phi) is 3.53. The zero-order valence-electron chi connectivity index (χ0n) is 7.82. The molecule has 1 saturated heterocycles. The fourth-order valence-corrected chi connectivity index (χ4v) is 1.62. The molecule has 0 aliphatic carbocycles. The van der Waals surface area contributed by atoms with Crippen LogP contribution >= 0.6 is 0 Å². The van der Waals surface area contributed by atoms with Crippen molar-refractivity contribution < 1.29 is 9.53 Å². The first-order chi connectivity index (χ1) is 5.74. The summed E-state index contributed by atoms with van der Waals surface area (Å²) in [5, 5.41) is 0. The number of ether oxygens (including phenoxy) is 1. The Morgan fingerprint density at radius 2 is 2.33 bits per heavy atom. The van der Waals surface area contributed by atoms with E-state index in [1.807, 2.05) is 0 Å². The number of piperidine rings is 1. The Morgan fingerprint density at radius 1 is 1.58 bits per heavy atom. The molecule has 3 heteroatoms. The largest absolute Gasteiger partial charge is 0.463 e. The standard InChI is InChI=1S/C9H17NO2/c1-8(2)10-5-3-4-9(6-10)12-7-11/h7-9H,3-6H2,1-2H3. The molecule has 0 aromatic carbocycles. The Bertz CT molecular complexity index is 147. The first-order valence-electron chi connectivity index (χ1n) is 4.57. The number of nitrogens with zero attached hydrogens (tertiary/aromatic N) is 1. The third-order valence-electron chi connectivity index (χ3n) is 2.39. The molecule has 1 atom stereocenters. The van der Waals surface area contributed by atoms with Crippen LogP contribution in [-0.4, -0.2) is 36.6 Å². The van der Waals surface area contributed by atoms with Gasteiger partial charge in [-0.05, 0) is 33.2 Å². The topological polar surface area (TPSA) is 29.5 Å². The molecule has 1 unspecified atom stereocenters. The second-order valence-corrected chi connectivity index (χ2v) is 3.59. The first kappa shape index (κ1) is 9.52. The lowest BCUT2D eigenvalue weighted by Crippen LogP contribution is -2.43. The highest BCUT2D eigenvalue weighted by atomic mass is 16.5. The molecular weight excluding hydrogens is 154 g/mol. The highest BCUT2D eigenvalue weighted by Gasteiger charge is 2.21. The Hall–Kier alpha value is -0.570. The predicted molar refractivity (Wildman–Crippen MR) is 46.9 cm³/mol. The van der Waals surface area contributed by atoms with Gasteiger partial charge in [-0.3, -0.25) is 9.69 Å². The summed E-state index contributed by atoms with van der Waals surface area (Å²) in [6.07, 6.45) is 2.28.